The Labute approximate surface area is 59.5 Å². The topological polar surface area (TPSA) is 67.2 Å². The fourth-order valence-corrected chi connectivity index (χ4v) is 1.78. The van der Waals surface area contributed by atoms with Crippen molar-refractivity contribution in [3.63, 3.8) is 0 Å². The van der Waals surface area contributed by atoms with Crippen LogP contribution in [0.4, 0.5) is 0 Å². The summed E-state index contributed by atoms with van der Waals surface area (Å²) in [4.78, 5) is 0. The second-order valence-corrected chi connectivity index (χ2v) is 3.92. The number of hydrogen-bond donors (Lipinski definition) is 0. The van der Waals surface area contributed by atoms with Gasteiger partial charge in [-0.3, -0.25) is 4.18 Å². The van der Waals surface area contributed by atoms with Gasteiger partial charge in [0.15, 0.2) is 0 Å². The maximum absolute atomic E-state index is 10.6. The average molecular weight is 161 g/mol. The van der Waals surface area contributed by atoms with Gasteiger partial charge in [0.1, 0.15) is 0 Å². The molecule has 1 heterocycles. The molecule has 0 N–H and O–H groups in total. The summed E-state index contributed by atoms with van der Waals surface area (Å²) < 4.78 is 25.6. The highest BCUT2D eigenvalue weighted by Gasteiger charge is 2.23. The molecule has 0 amide bonds. The highest BCUT2D eigenvalue weighted by Crippen LogP contribution is 2.13. The monoisotopic (exact) mass is 161 g/mol. The zero-order valence-corrected chi connectivity index (χ0v) is 6.10. The van der Waals surface area contributed by atoms with Crippen molar-refractivity contribution < 1.29 is 12.6 Å². The van der Waals surface area contributed by atoms with Gasteiger partial charge < -0.3 is 0 Å². The molecule has 1 saturated heterocycles. The van der Waals surface area contributed by atoms with E-state index in [0.29, 0.717) is 6.42 Å². The highest BCUT2D eigenvalue weighted by atomic mass is 32.2. The van der Waals surface area contributed by atoms with Crippen LogP contribution in [-0.2, 0) is 14.3 Å². The Morgan fingerprint density at radius 2 is 2.30 bits per heavy atom. The van der Waals surface area contributed by atoms with Crippen LogP contribution in [0.2, 0.25) is 0 Å². The van der Waals surface area contributed by atoms with E-state index in [2.05, 4.69) is 4.18 Å². The minimum absolute atomic E-state index is 0.0226. The first-order chi connectivity index (χ1) is 4.64. The van der Waals surface area contributed by atoms with Crippen molar-refractivity contribution in [2.24, 2.45) is 5.92 Å². The van der Waals surface area contributed by atoms with Crippen molar-refractivity contribution in [2.45, 2.75) is 6.42 Å². The van der Waals surface area contributed by atoms with Crippen LogP contribution >= 0.6 is 0 Å². The van der Waals surface area contributed by atoms with Crippen LogP contribution in [0, 0.1) is 17.2 Å². The van der Waals surface area contributed by atoms with E-state index >= 15 is 0 Å². The largest absolute Gasteiger partial charge is 0.269 e. The van der Waals surface area contributed by atoms with Crippen LogP contribution in [0.15, 0.2) is 0 Å². The lowest BCUT2D eigenvalue weighted by Gasteiger charge is -2.14. The molecule has 1 unspecified atom stereocenters. The van der Waals surface area contributed by atoms with Crippen LogP contribution in [0.5, 0.6) is 0 Å². The molecular weight excluding hydrogens is 154 g/mol. The number of nitrogens with zero attached hydrogens (tertiary/aromatic N) is 1. The van der Waals surface area contributed by atoms with Crippen LogP contribution in [-0.4, -0.2) is 20.8 Å². The second-order valence-electron chi connectivity index (χ2n) is 2.16. The van der Waals surface area contributed by atoms with E-state index in [1.165, 1.54) is 0 Å². The Morgan fingerprint density at radius 3 is 2.70 bits per heavy atom. The minimum Gasteiger partial charge on any atom is -0.269 e. The van der Waals surface area contributed by atoms with Gasteiger partial charge in [0.05, 0.1) is 24.3 Å². The van der Waals surface area contributed by atoms with Gasteiger partial charge in [0.25, 0.3) is 10.1 Å². The summed E-state index contributed by atoms with van der Waals surface area (Å²) in [5.41, 5.74) is 0. The molecule has 1 atom stereocenters. The van der Waals surface area contributed by atoms with Crippen LogP contribution in [0.1, 0.15) is 6.42 Å². The molecule has 0 saturated carbocycles. The second kappa shape index (κ2) is 2.56. The summed E-state index contributed by atoms with van der Waals surface area (Å²) in [6.07, 6.45) is 0.402. The van der Waals surface area contributed by atoms with Gasteiger partial charge in [-0.2, -0.15) is 13.7 Å². The van der Waals surface area contributed by atoms with Gasteiger partial charge in [-0.1, -0.05) is 0 Å². The molecule has 5 heteroatoms. The fraction of sp³-hybridized carbons (Fsp3) is 0.800. The third-order valence-electron chi connectivity index (χ3n) is 1.35. The van der Waals surface area contributed by atoms with Gasteiger partial charge in [0, 0.05) is 0 Å². The molecule has 0 aromatic carbocycles. The summed E-state index contributed by atoms with van der Waals surface area (Å²) in [7, 11) is -3.28. The number of hydrogen-bond acceptors (Lipinski definition) is 4. The van der Waals surface area contributed by atoms with E-state index in [-0.39, 0.29) is 18.3 Å². The van der Waals surface area contributed by atoms with Crippen molar-refractivity contribution in [3.8, 4) is 6.07 Å². The molecule has 0 spiro atoms. The van der Waals surface area contributed by atoms with E-state index in [0.717, 1.165) is 0 Å². The van der Waals surface area contributed by atoms with Crippen molar-refractivity contribution in [1.29, 1.82) is 5.26 Å². The Kier molecular flexibility index (Phi) is 1.92. The Hall–Kier alpha value is -0.600. The van der Waals surface area contributed by atoms with E-state index in [1.807, 2.05) is 6.07 Å². The quantitative estimate of drug-likeness (QED) is 0.464. The maximum Gasteiger partial charge on any atom is 0.267 e. The molecule has 0 aliphatic carbocycles. The smallest absolute Gasteiger partial charge is 0.267 e. The van der Waals surface area contributed by atoms with Crippen LogP contribution in [0.25, 0.3) is 0 Å². The van der Waals surface area contributed by atoms with Crippen molar-refractivity contribution in [2.75, 3.05) is 12.4 Å². The third kappa shape index (κ3) is 1.69. The van der Waals surface area contributed by atoms with Gasteiger partial charge in [-0.15, -0.1) is 0 Å². The Bertz CT molecular complexity index is 237. The first-order valence-electron chi connectivity index (χ1n) is 2.91. The first kappa shape index (κ1) is 7.51. The van der Waals surface area contributed by atoms with Crippen molar-refractivity contribution in [3.05, 3.63) is 0 Å². The molecule has 1 fully saturated rings. The maximum atomic E-state index is 10.6. The molecule has 0 aromatic rings. The molecule has 10 heavy (non-hydrogen) atoms. The third-order valence-corrected chi connectivity index (χ3v) is 2.58. The highest BCUT2D eigenvalue weighted by molar-refractivity contribution is 7.86. The summed E-state index contributed by atoms with van der Waals surface area (Å²) >= 11 is 0. The van der Waals surface area contributed by atoms with E-state index < -0.39 is 10.1 Å². The van der Waals surface area contributed by atoms with E-state index in [1.54, 1.807) is 0 Å². The summed E-state index contributed by atoms with van der Waals surface area (Å²) in [5.74, 6) is -0.269. The molecule has 0 aromatic heterocycles. The number of rotatable bonds is 0. The number of nitriles is 1. The predicted octanol–water partition coefficient (Wildman–Crippen LogP) is -0.124. The molecule has 0 bridgehead atoms. The molecule has 56 valence electrons. The summed E-state index contributed by atoms with van der Waals surface area (Å²) in [5, 5.41) is 8.34. The zero-order valence-electron chi connectivity index (χ0n) is 5.28. The lowest BCUT2D eigenvalue weighted by atomic mass is 10.1. The van der Waals surface area contributed by atoms with Gasteiger partial charge in [-0.25, -0.2) is 0 Å². The Balaban J connectivity index is 2.56. The molecule has 1 rings (SSSR count). The molecule has 1 aliphatic heterocycles. The first-order valence-corrected chi connectivity index (χ1v) is 4.48. The van der Waals surface area contributed by atoms with Gasteiger partial charge in [-0.05, 0) is 6.42 Å². The standard InChI is InChI=1S/C5H7NO3S/c6-3-5-1-2-10(7,8)9-4-5/h5H,1-2,4H2. The van der Waals surface area contributed by atoms with Gasteiger partial charge in [0.2, 0.25) is 0 Å². The van der Waals surface area contributed by atoms with E-state index in [9.17, 15) is 8.42 Å². The van der Waals surface area contributed by atoms with Gasteiger partial charge >= 0.3 is 0 Å². The summed E-state index contributed by atoms with van der Waals surface area (Å²) in [6.45, 7) is 0.0266. The zero-order chi connectivity index (χ0) is 7.61. The molecule has 4 nitrogen and oxygen atoms in total. The lowest BCUT2D eigenvalue weighted by Crippen LogP contribution is -2.24. The summed E-state index contributed by atoms with van der Waals surface area (Å²) in [6, 6.07) is 1.95. The van der Waals surface area contributed by atoms with Crippen molar-refractivity contribution in [1.82, 2.24) is 0 Å². The molecular formula is C5H7NO3S. The predicted molar refractivity (Wildman–Crippen MR) is 33.5 cm³/mol. The Morgan fingerprint density at radius 1 is 1.60 bits per heavy atom. The average Bonchev–Trinajstić information content (AvgIpc) is 1.88. The minimum atomic E-state index is -3.28. The van der Waals surface area contributed by atoms with E-state index in [4.69, 9.17) is 5.26 Å². The molecule has 1 aliphatic rings. The van der Waals surface area contributed by atoms with Crippen LogP contribution in [0.3, 0.4) is 0 Å². The molecule has 0 radical (unpaired) electrons. The SMILES string of the molecule is N#CC1CCS(=O)(=O)OC1. The lowest BCUT2D eigenvalue weighted by molar-refractivity contribution is 0.258. The normalized spacial score (nSPS) is 30.9. The van der Waals surface area contributed by atoms with Crippen molar-refractivity contribution >= 4 is 10.1 Å². The van der Waals surface area contributed by atoms with Crippen LogP contribution < -0.4 is 0 Å². The fourth-order valence-electron chi connectivity index (χ4n) is 0.716.